The SMILES string of the molecule is CC1CN(C(=O)COc2cc([N+](=O)[O-])c(Cl)cc2N)C(C)CN1Cc1ccc(F)cc1.Cl.Cl. The van der Waals surface area contributed by atoms with Gasteiger partial charge in [-0.15, -0.1) is 24.8 Å². The Morgan fingerprint density at radius 3 is 2.45 bits per heavy atom. The molecule has 8 nitrogen and oxygen atoms in total. The maximum atomic E-state index is 13.1. The van der Waals surface area contributed by atoms with Gasteiger partial charge in [0, 0.05) is 31.7 Å². The van der Waals surface area contributed by atoms with Crippen molar-refractivity contribution >= 4 is 53.7 Å². The van der Waals surface area contributed by atoms with Crippen molar-refractivity contribution in [3.63, 3.8) is 0 Å². The van der Waals surface area contributed by atoms with E-state index in [2.05, 4.69) is 4.90 Å². The van der Waals surface area contributed by atoms with E-state index in [1.807, 2.05) is 13.8 Å². The lowest BCUT2D eigenvalue weighted by Crippen LogP contribution is -2.58. The zero-order valence-corrected chi connectivity index (χ0v) is 20.5. The highest BCUT2D eigenvalue weighted by Crippen LogP contribution is 2.34. The fraction of sp³-hybridized carbons (Fsp3) is 0.381. The highest BCUT2D eigenvalue weighted by molar-refractivity contribution is 6.33. The summed E-state index contributed by atoms with van der Waals surface area (Å²) < 4.78 is 18.6. The van der Waals surface area contributed by atoms with Gasteiger partial charge >= 0.3 is 0 Å². The first-order valence-corrected chi connectivity index (χ1v) is 10.2. The van der Waals surface area contributed by atoms with Crippen LogP contribution < -0.4 is 10.5 Å². The summed E-state index contributed by atoms with van der Waals surface area (Å²) in [6.07, 6.45) is 0. The van der Waals surface area contributed by atoms with Crippen LogP contribution in [0.4, 0.5) is 15.8 Å². The number of nitrogens with zero attached hydrogens (tertiary/aromatic N) is 3. The predicted molar refractivity (Wildman–Crippen MR) is 130 cm³/mol. The zero-order chi connectivity index (χ0) is 22.7. The number of piperazine rings is 1. The monoisotopic (exact) mass is 522 g/mol. The Hall–Kier alpha value is -2.33. The van der Waals surface area contributed by atoms with E-state index in [0.29, 0.717) is 19.6 Å². The molecule has 0 radical (unpaired) electrons. The third kappa shape index (κ3) is 7.07. The molecular formula is C21H26Cl3FN4O4. The van der Waals surface area contributed by atoms with Gasteiger partial charge in [0.25, 0.3) is 11.6 Å². The second-order valence-electron chi connectivity index (χ2n) is 7.69. The standard InChI is InChI=1S/C21H24ClFN4O4.2ClH/c1-13-10-26(14(2)9-25(13)11-15-3-5-16(23)6-4-15)21(28)12-31-20-8-19(27(29)30)17(22)7-18(20)24;;/h3-8,13-14H,9-12,24H2,1-2H3;2*1H. The number of nitro benzene ring substituents is 1. The van der Waals surface area contributed by atoms with Crippen molar-refractivity contribution in [1.29, 1.82) is 0 Å². The zero-order valence-electron chi connectivity index (χ0n) is 18.1. The molecule has 2 aromatic carbocycles. The molecule has 2 atom stereocenters. The topological polar surface area (TPSA) is 102 Å². The van der Waals surface area contributed by atoms with Crippen LogP contribution in [0.25, 0.3) is 0 Å². The fourth-order valence-corrected chi connectivity index (χ4v) is 3.88. The molecule has 2 N–H and O–H groups in total. The van der Waals surface area contributed by atoms with Crippen LogP contribution in [0.2, 0.25) is 5.02 Å². The molecule has 182 valence electrons. The smallest absolute Gasteiger partial charge is 0.291 e. The van der Waals surface area contributed by atoms with Gasteiger partial charge in [-0.05, 0) is 37.6 Å². The van der Waals surface area contributed by atoms with Crippen molar-refractivity contribution in [2.24, 2.45) is 0 Å². The summed E-state index contributed by atoms with van der Waals surface area (Å²) in [5.74, 6) is -0.467. The number of nitro groups is 1. The van der Waals surface area contributed by atoms with Crippen molar-refractivity contribution < 1.29 is 18.8 Å². The van der Waals surface area contributed by atoms with E-state index < -0.39 is 4.92 Å². The average molecular weight is 524 g/mol. The summed E-state index contributed by atoms with van der Waals surface area (Å²) in [7, 11) is 0. The summed E-state index contributed by atoms with van der Waals surface area (Å²) in [6, 6.07) is 8.77. The summed E-state index contributed by atoms with van der Waals surface area (Å²) in [5.41, 5.74) is 6.60. The number of nitrogens with two attached hydrogens (primary N) is 1. The molecule has 0 spiro atoms. The van der Waals surface area contributed by atoms with Gasteiger partial charge in [-0.2, -0.15) is 0 Å². The summed E-state index contributed by atoms with van der Waals surface area (Å²) in [6.45, 7) is 5.49. The molecule has 0 aromatic heterocycles. The van der Waals surface area contributed by atoms with E-state index in [-0.39, 0.29) is 77.4 Å². The minimum Gasteiger partial charge on any atom is -0.481 e. The minimum atomic E-state index is -0.638. The lowest BCUT2D eigenvalue weighted by molar-refractivity contribution is -0.384. The van der Waals surface area contributed by atoms with E-state index >= 15 is 0 Å². The van der Waals surface area contributed by atoms with E-state index in [1.165, 1.54) is 18.2 Å². The summed E-state index contributed by atoms with van der Waals surface area (Å²) in [5, 5.41) is 11.0. The molecule has 1 heterocycles. The van der Waals surface area contributed by atoms with Gasteiger partial charge in [-0.1, -0.05) is 23.7 Å². The summed E-state index contributed by atoms with van der Waals surface area (Å²) >= 11 is 5.82. The third-order valence-corrected chi connectivity index (χ3v) is 5.66. The number of rotatable bonds is 6. The van der Waals surface area contributed by atoms with Crippen LogP contribution in [0.15, 0.2) is 36.4 Å². The molecule has 33 heavy (non-hydrogen) atoms. The number of ether oxygens (including phenoxy) is 1. The fourth-order valence-electron chi connectivity index (χ4n) is 3.64. The molecule has 2 unspecified atom stereocenters. The van der Waals surface area contributed by atoms with Crippen molar-refractivity contribution in [3.8, 4) is 5.75 Å². The van der Waals surface area contributed by atoms with Crippen LogP contribution in [0, 0.1) is 15.9 Å². The number of benzene rings is 2. The minimum absolute atomic E-state index is 0. The number of amides is 1. The van der Waals surface area contributed by atoms with Crippen LogP contribution in [-0.2, 0) is 11.3 Å². The van der Waals surface area contributed by atoms with E-state index in [1.54, 1.807) is 17.0 Å². The maximum absolute atomic E-state index is 13.1. The van der Waals surface area contributed by atoms with Crippen LogP contribution >= 0.6 is 36.4 Å². The van der Waals surface area contributed by atoms with E-state index in [0.717, 1.165) is 11.6 Å². The summed E-state index contributed by atoms with van der Waals surface area (Å²) in [4.78, 5) is 27.2. The van der Waals surface area contributed by atoms with Gasteiger partial charge in [-0.3, -0.25) is 19.8 Å². The van der Waals surface area contributed by atoms with Crippen molar-refractivity contribution in [3.05, 3.63) is 62.9 Å². The largest absolute Gasteiger partial charge is 0.481 e. The first-order valence-electron chi connectivity index (χ1n) is 9.80. The van der Waals surface area contributed by atoms with Gasteiger partial charge in [0.15, 0.2) is 6.61 Å². The van der Waals surface area contributed by atoms with Crippen LogP contribution in [0.3, 0.4) is 0 Å². The van der Waals surface area contributed by atoms with Crippen molar-refractivity contribution in [2.45, 2.75) is 32.5 Å². The number of anilines is 1. The van der Waals surface area contributed by atoms with Gasteiger partial charge in [0.05, 0.1) is 16.7 Å². The Labute approximate surface area is 208 Å². The second kappa shape index (κ2) is 12.2. The third-order valence-electron chi connectivity index (χ3n) is 5.36. The molecule has 1 fully saturated rings. The molecule has 1 aliphatic heterocycles. The molecule has 0 aliphatic carbocycles. The molecular weight excluding hydrogens is 498 g/mol. The number of halogens is 4. The quantitative estimate of drug-likeness (QED) is 0.344. The number of carbonyl (C=O) groups is 1. The molecule has 2 aromatic rings. The van der Waals surface area contributed by atoms with Crippen LogP contribution in [0.1, 0.15) is 19.4 Å². The Bertz CT molecular complexity index is 981. The van der Waals surface area contributed by atoms with Gasteiger partial charge < -0.3 is 15.4 Å². The van der Waals surface area contributed by atoms with Gasteiger partial charge in [-0.25, -0.2) is 4.39 Å². The normalized spacial score (nSPS) is 18.1. The molecule has 12 heteroatoms. The predicted octanol–water partition coefficient (Wildman–Crippen LogP) is 4.31. The number of carbonyl (C=O) groups excluding carboxylic acids is 1. The molecule has 1 amide bonds. The Morgan fingerprint density at radius 2 is 1.85 bits per heavy atom. The van der Waals surface area contributed by atoms with E-state index in [4.69, 9.17) is 22.1 Å². The molecule has 1 aliphatic rings. The highest BCUT2D eigenvalue weighted by atomic mass is 35.5. The number of hydrogen-bond donors (Lipinski definition) is 1. The average Bonchev–Trinajstić information content (AvgIpc) is 2.71. The van der Waals surface area contributed by atoms with E-state index in [9.17, 15) is 19.3 Å². The molecule has 0 bridgehead atoms. The highest BCUT2D eigenvalue weighted by Gasteiger charge is 2.32. The first-order chi connectivity index (χ1) is 14.7. The molecule has 0 saturated carbocycles. The Kier molecular flexibility index (Phi) is 10.6. The van der Waals surface area contributed by atoms with Gasteiger partial charge in [0.2, 0.25) is 0 Å². The second-order valence-corrected chi connectivity index (χ2v) is 8.09. The molecule has 1 saturated heterocycles. The first kappa shape index (κ1) is 28.7. The van der Waals surface area contributed by atoms with Crippen molar-refractivity contribution in [2.75, 3.05) is 25.4 Å². The molecule has 3 rings (SSSR count). The lowest BCUT2D eigenvalue weighted by atomic mass is 10.1. The Balaban J connectivity index is 0.00000272. The number of hydrogen-bond acceptors (Lipinski definition) is 6. The van der Waals surface area contributed by atoms with Gasteiger partial charge in [0.1, 0.15) is 16.6 Å². The van der Waals surface area contributed by atoms with Crippen LogP contribution in [-0.4, -0.2) is 52.4 Å². The van der Waals surface area contributed by atoms with Crippen molar-refractivity contribution in [1.82, 2.24) is 9.80 Å². The maximum Gasteiger partial charge on any atom is 0.291 e. The number of nitrogen functional groups attached to an aromatic ring is 1. The van der Waals surface area contributed by atoms with Crippen LogP contribution in [0.5, 0.6) is 5.75 Å². The Morgan fingerprint density at radius 1 is 1.21 bits per heavy atom. The lowest BCUT2D eigenvalue weighted by Gasteiger charge is -2.44.